The third-order valence-electron chi connectivity index (χ3n) is 3.30. The van der Waals surface area contributed by atoms with Crippen LogP contribution in [0.1, 0.15) is 0 Å². The van der Waals surface area contributed by atoms with Crippen LogP contribution < -0.4 is 5.73 Å². The zero-order valence-electron chi connectivity index (χ0n) is 10.5. The van der Waals surface area contributed by atoms with Gasteiger partial charge in [0.15, 0.2) is 0 Å². The molecule has 2 aromatic carbocycles. The molecule has 21 heavy (non-hydrogen) atoms. The van der Waals surface area contributed by atoms with E-state index in [0.29, 0.717) is 21.5 Å². The highest BCUT2D eigenvalue weighted by molar-refractivity contribution is 9.10. The summed E-state index contributed by atoms with van der Waals surface area (Å²) >= 11 is 4.71. The topological polar surface area (TPSA) is 56.7 Å². The van der Waals surface area contributed by atoms with E-state index in [2.05, 4.69) is 25.9 Å². The molecule has 4 nitrogen and oxygen atoms in total. The molecular formula is C14H8BrFN4S. The number of nitrogen functional groups attached to an aromatic ring is 1. The van der Waals surface area contributed by atoms with Gasteiger partial charge in [-0.25, -0.2) is 14.4 Å². The minimum Gasteiger partial charge on any atom is -0.369 e. The predicted octanol–water partition coefficient (Wildman–Crippen LogP) is 4.12. The highest BCUT2D eigenvalue weighted by Gasteiger charge is 2.13. The normalized spacial score (nSPS) is 11.5. The fraction of sp³-hybridized carbons (Fsp3) is 0. The van der Waals surface area contributed by atoms with E-state index in [0.717, 1.165) is 15.9 Å². The number of halogens is 2. The summed E-state index contributed by atoms with van der Waals surface area (Å²) in [5.41, 5.74) is 10.9. The number of aromatic nitrogens is 3. The van der Waals surface area contributed by atoms with Gasteiger partial charge in [0, 0.05) is 6.07 Å². The van der Waals surface area contributed by atoms with E-state index in [1.165, 1.54) is 6.07 Å². The predicted molar refractivity (Wildman–Crippen MR) is 86.3 cm³/mol. The van der Waals surface area contributed by atoms with E-state index in [4.69, 9.17) is 5.73 Å². The fourth-order valence-electron chi connectivity index (χ4n) is 2.35. The smallest absolute Gasteiger partial charge is 0.205 e. The van der Waals surface area contributed by atoms with Crippen LogP contribution in [0.5, 0.6) is 0 Å². The maximum absolute atomic E-state index is 13.8. The molecule has 104 valence electrons. The van der Waals surface area contributed by atoms with E-state index in [9.17, 15) is 4.39 Å². The summed E-state index contributed by atoms with van der Waals surface area (Å²) in [6.07, 6.45) is 0. The van der Waals surface area contributed by atoms with Crippen LogP contribution >= 0.6 is 27.3 Å². The van der Waals surface area contributed by atoms with Gasteiger partial charge in [0.1, 0.15) is 5.82 Å². The van der Waals surface area contributed by atoms with E-state index in [-0.39, 0.29) is 5.82 Å². The van der Waals surface area contributed by atoms with Gasteiger partial charge in [-0.05, 0) is 40.2 Å². The average Bonchev–Trinajstić information content (AvgIpc) is 3.02. The van der Waals surface area contributed by atoms with E-state index >= 15 is 0 Å². The van der Waals surface area contributed by atoms with Crippen molar-refractivity contribution in [1.29, 1.82) is 0 Å². The summed E-state index contributed by atoms with van der Waals surface area (Å²) in [4.78, 5) is 8.54. The molecule has 4 rings (SSSR count). The van der Waals surface area contributed by atoms with E-state index in [1.54, 1.807) is 27.5 Å². The van der Waals surface area contributed by atoms with Crippen molar-refractivity contribution in [2.24, 2.45) is 0 Å². The summed E-state index contributed by atoms with van der Waals surface area (Å²) < 4.78 is 17.0. The molecule has 0 aliphatic heterocycles. The maximum Gasteiger partial charge on any atom is 0.205 e. The van der Waals surface area contributed by atoms with Gasteiger partial charge in [-0.2, -0.15) is 0 Å². The molecule has 0 radical (unpaired) electrons. The van der Waals surface area contributed by atoms with Crippen molar-refractivity contribution in [3.05, 3.63) is 46.1 Å². The van der Waals surface area contributed by atoms with Crippen molar-refractivity contribution in [2.75, 3.05) is 5.73 Å². The molecule has 2 aromatic heterocycles. The number of nitrogens with two attached hydrogens (primary N) is 1. The third kappa shape index (κ3) is 1.92. The largest absolute Gasteiger partial charge is 0.369 e. The highest BCUT2D eigenvalue weighted by atomic mass is 79.9. The molecular weight excluding hydrogens is 355 g/mol. The highest BCUT2D eigenvalue weighted by Crippen LogP contribution is 2.29. The first-order chi connectivity index (χ1) is 10.1. The first kappa shape index (κ1) is 12.7. The van der Waals surface area contributed by atoms with Crippen LogP contribution in [0.4, 0.5) is 10.3 Å². The molecule has 0 amide bonds. The molecule has 0 saturated heterocycles. The molecule has 2 N–H and O–H groups in total. The second-order valence-corrected chi connectivity index (χ2v) is 6.31. The number of rotatable bonds is 1. The van der Waals surface area contributed by atoms with Gasteiger partial charge in [-0.3, -0.25) is 4.57 Å². The van der Waals surface area contributed by atoms with Gasteiger partial charge in [0.2, 0.25) is 5.95 Å². The first-order valence-corrected chi connectivity index (χ1v) is 7.77. The molecule has 0 fully saturated rings. The lowest BCUT2D eigenvalue weighted by atomic mass is 10.2. The fourth-order valence-corrected chi connectivity index (χ4v) is 3.39. The van der Waals surface area contributed by atoms with Crippen LogP contribution in [0.2, 0.25) is 0 Å². The van der Waals surface area contributed by atoms with Crippen LogP contribution in [-0.2, 0) is 0 Å². The Morgan fingerprint density at radius 2 is 2.05 bits per heavy atom. The zero-order valence-corrected chi connectivity index (χ0v) is 12.9. The minimum atomic E-state index is -0.345. The van der Waals surface area contributed by atoms with Crippen molar-refractivity contribution >= 4 is 54.5 Å². The van der Waals surface area contributed by atoms with Gasteiger partial charge in [0.05, 0.1) is 36.9 Å². The van der Waals surface area contributed by atoms with Crippen molar-refractivity contribution in [3.63, 3.8) is 0 Å². The zero-order chi connectivity index (χ0) is 14.6. The summed E-state index contributed by atoms with van der Waals surface area (Å²) in [5.74, 6) is -0.0196. The van der Waals surface area contributed by atoms with Gasteiger partial charge < -0.3 is 5.73 Å². The van der Waals surface area contributed by atoms with Gasteiger partial charge in [0.25, 0.3) is 0 Å². The Morgan fingerprint density at radius 1 is 1.19 bits per heavy atom. The lowest BCUT2D eigenvalue weighted by Crippen LogP contribution is -2.00. The second-order valence-electron chi connectivity index (χ2n) is 4.56. The number of hydrogen-bond donors (Lipinski definition) is 1. The summed E-state index contributed by atoms with van der Waals surface area (Å²) in [6, 6.07) is 8.86. The lowest BCUT2D eigenvalue weighted by molar-refractivity contribution is 0.622. The van der Waals surface area contributed by atoms with Crippen molar-refractivity contribution in [2.45, 2.75) is 0 Å². The molecule has 0 unspecified atom stereocenters. The van der Waals surface area contributed by atoms with Crippen LogP contribution in [0.15, 0.2) is 40.3 Å². The Hall–Kier alpha value is -1.99. The van der Waals surface area contributed by atoms with Crippen molar-refractivity contribution in [1.82, 2.24) is 14.5 Å². The Balaban J connectivity index is 2.04. The van der Waals surface area contributed by atoms with Crippen LogP contribution in [0.3, 0.4) is 0 Å². The second kappa shape index (κ2) is 4.51. The number of benzene rings is 2. The van der Waals surface area contributed by atoms with Crippen molar-refractivity contribution < 1.29 is 4.39 Å². The van der Waals surface area contributed by atoms with Crippen molar-refractivity contribution in [3.8, 4) is 5.69 Å². The van der Waals surface area contributed by atoms with Gasteiger partial charge >= 0.3 is 0 Å². The average molecular weight is 363 g/mol. The first-order valence-electron chi connectivity index (χ1n) is 6.10. The summed E-state index contributed by atoms with van der Waals surface area (Å²) in [6.45, 7) is 0. The Bertz CT molecular complexity index is 991. The lowest BCUT2D eigenvalue weighted by Gasteiger charge is -2.06. The monoisotopic (exact) mass is 362 g/mol. The summed E-state index contributed by atoms with van der Waals surface area (Å²) in [7, 11) is 0. The molecule has 4 aromatic rings. The Morgan fingerprint density at radius 3 is 2.90 bits per heavy atom. The Labute approximate surface area is 131 Å². The van der Waals surface area contributed by atoms with Crippen LogP contribution in [-0.4, -0.2) is 14.5 Å². The molecule has 0 saturated carbocycles. The number of imidazole rings is 1. The quantitative estimate of drug-likeness (QED) is 0.554. The van der Waals surface area contributed by atoms with Gasteiger partial charge in [-0.15, -0.1) is 11.3 Å². The molecule has 0 bridgehead atoms. The van der Waals surface area contributed by atoms with E-state index < -0.39 is 0 Å². The Kier molecular flexibility index (Phi) is 2.73. The standard InChI is InChI=1S/C14H8BrFN4S/c15-8-4-11-12(5-9(8)16)20(14(17)19-11)7-1-2-10-13(3-7)21-6-18-10/h1-6H,(H2,17,19). The molecule has 2 heterocycles. The maximum atomic E-state index is 13.8. The molecule has 0 aliphatic carbocycles. The molecule has 7 heteroatoms. The third-order valence-corrected chi connectivity index (χ3v) is 4.69. The number of anilines is 1. The number of fused-ring (bicyclic) bond motifs is 2. The molecule has 0 aliphatic rings. The van der Waals surface area contributed by atoms with Crippen LogP contribution in [0.25, 0.3) is 26.9 Å². The number of thiazole rings is 1. The minimum absolute atomic E-state index is 0.325. The van der Waals surface area contributed by atoms with Gasteiger partial charge in [-0.1, -0.05) is 0 Å². The number of hydrogen-bond acceptors (Lipinski definition) is 4. The SMILES string of the molecule is Nc1nc2cc(Br)c(F)cc2n1-c1ccc2ncsc2c1. The van der Waals surface area contributed by atoms with Crippen LogP contribution in [0, 0.1) is 5.82 Å². The van der Waals surface area contributed by atoms with E-state index in [1.807, 2.05) is 18.2 Å². The molecule has 0 spiro atoms. The number of nitrogens with zero attached hydrogens (tertiary/aromatic N) is 3. The summed E-state index contributed by atoms with van der Waals surface area (Å²) in [5, 5.41) is 0. The molecule has 0 atom stereocenters.